The van der Waals surface area contributed by atoms with Gasteiger partial charge in [-0.2, -0.15) is 0 Å². The van der Waals surface area contributed by atoms with Crippen LogP contribution in [0.25, 0.3) is 0 Å². The van der Waals surface area contributed by atoms with Crippen LogP contribution in [0.4, 0.5) is 0 Å². The number of hydrogen-bond donors (Lipinski definition) is 1. The Morgan fingerprint density at radius 2 is 1.90 bits per heavy atom. The van der Waals surface area contributed by atoms with Crippen molar-refractivity contribution in [2.45, 2.75) is 19.6 Å². The normalized spacial score (nSPS) is 11.9. The molecule has 1 unspecified atom stereocenters. The summed E-state index contributed by atoms with van der Waals surface area (Å²) in [5.74, 6) is -0.338. The summed E-state index contributed by atoms with van der Waals surface area (Å²) >= 11 is 0. The Hall–Kier alpha value is -2.33. The minimum absolute atomic E-state index is 0.0793. The molecule has 0 spiro atoms. The molecule has 1 atom stereocenters. The van der Waals surface area contributed by atoms with Crippen LogP contribution in [-0.4, -0.2) is 18.2 Å². The number of carboxylic acids is 1. The molecule has 0 aliphatic carbocycles. The summed E-state index contributed by atoms with van der Waals surface area (Å²) in [7, 11) is 1.56. The van der Waals surface area contributed by atoms with Crippen molar-refractivity contribution in [1.29, 1.82) is 0 Å². The molecule has 0 aliphatic heterocycles. The lowest BCUT2D eigenvalue weighted by molar-refractivity contribution is 0.0512. The Morgan fingerprint density at radius 1 is 1.19 bits per heavy atom. The zero-order valence-electron chi connectivity index (χ0n) is 12.1. The molecule has 0 fully saturated rings. The van der Waals surface area contributed by atoms with Gasteiger partial charge < -0.3 is 14.6 Å². The molecule has 0 amide bonds. The molecule has 0 saturated heterocycles. The lowest BCUT2D eigenvalue weighted by atomic mass is 10.1. The van der Waals surface area contributed by atoms with Crippen molar-refractivity contribution >= 4 is 5.97 Å². The zero-order valence-corrected chi connectivity index (χ0v) is 12.1. The molecule has 0 radical (unpaired) electrons. The Kier molecular flexibility index (Phi) is 4.95. The van der Waals surface area contributed by atoms with Gasteiger partial charge in [0.05, 0.1) is 25.4 Å². The van der Waals surface area contributed by atoms with Gasteiger partial charge in [0.1, 0.15) is 5.75 Å². The van der Waals surface area contributed by atoms with E-state index in [9.17, 15) is 4.79 Å². The molecule has 0 saturated carbocycles. The van der Waals surface area contributed by atoms with Crippen LogP contribution in [0.1, 0.15) is 34.5 Å². The Balaban J connectivity index is 2.11. The summed E-state index contributed by atoms with van der Waals surface area (Å²) < 4.78 is 11.1. The number of hydrogen-bond acceptors (Lipinski definition) is 3. The first kappa shape index (κ1) is 15.1. The minimum Gasteiger partial charge on any atom is -0.496 e. The predicted octanol–water partition coefficient (Wildman–Crippen LogP) is 3.67. The quantitative estimate of drug-likeness (QED) is 0.880. The molecule has 110 valence electrons. The molecule has 21 heavy (non-hydrogen) atoms. The standard InChI is InChI=1S/C17H18O4/c1-12(13-6-4-3-5-7-13)21-11-15-10-14(17(18)19)8-9-16(15)20-2/h3-10,12H,11H2,1-2H3,(H,18,19). The van der Waals surface area contributed by atoms with Gasteiger partial charge in [0.15, 0.2) is 0 Å². The first-order valence-corrected chi connectivity index (χ1v) is 6.68. The van der Waals surface area contributed by atoms with E-state index in [0.29, 0.717) is 12.4 Å². The van der Waals surface area contributed by atoms with Gasteiger partial charge in [-0.1, -0.05) is 30.3 Å². The molecule has 0 heterocycles. The number of carbonyl (C=O) groups is 1. The van der Waals surface area contributed by atoms with Crippen molar-refractivity contribution in [2.75, 3.05) is 7.11 Å². The van der Waals surface area contributed by atoms with E-state index >= 15 is 0 Å². The van der Waals surface area contributed by atoms with Gasteiger partial charge in [-0.15, -0.1) is 0 Å². The van der Waals surface area contributed by atoms with Crippen LogP contribution < -0.4 is 4.74 Å². The fraction of sp³-hybridized carbons (Fsp3) is 0.235. The second kappa shape index (κ2) is 6.90. The molecule has 0 aromatic heterocycles. The van der Waals surface area contributed by atoms with Crippen molar-refractivity contribution in [3.05, 3.63) is 65.2 Å². The van der Waals surface area contributed by atoms with Gasteiger partial charge in [0, 0.05) is 5.56 Å². The highest BCUT2D eigenvalue weighted by atomic mass is 16.5. The molecule has 2 aromatic rings. The van der Waals surface area contributed by atoms with Crippen LogP contribution in [0.2, 0.25) is 0 Å². The fourth-order valence-corrected chi connectivity index (χ4v) is 2.06. The lowest BCUT2D eigenvalue weighted by Gasteiger charge is -2.15. The Labute approximate surface area is 123 Å². The van der Waals surface area contributed by atoms with Gasteiger partial charge in [0.25, 0.3) is 0 Å². The molecule has 2 rings (SSSR count). The molecule has 1 N–H and O–H groups in total. The average Bonchev–Trinajstić information content (AvgIpc) is 2.53. The Morgan fingerprint density at radius 3 is 2.52 bits per heavy atom. The van der Waals surface area contributed by atoms with E-state index in [4.69, 9.17) is 14.6 Å². The highest BCUT2D eigenvalue weighted by Crippen LogP contribution is 2.24. The van der Waals surface area contributed by atoms with Crippen LogP contribution in [0.3, 0.4) is 0 Å². The summed E-state index contributed by atoms with van der Waals surface area (Å²) in [6, 6.07) is 14.6. The van der Waals surface area contributed by atoms with Crippen LogP contribution in [0.15, 0.2) is 48.5 Å². The van der Waals surface area contributed by atoms with Crippen LogP contribution in [0, 0.1) is 0 Å². The van der Waals surface area contributed by atoms with Gasteiger partial charge in [-0.25, -0.2) is 4.79 Å². The summed E-state index contributed by atoms with van der Waals surface area (Å²) in [6.07, 6.45) is -0.0793. The summed E-state index contributed by atoms with van der Waals surface area (Å²) in [5.41, 5.74) is 2.02. The van der Waals surface area contributed by atoms with Gasteiger partial charge in [0.2, 0.25) is 0 Å². The summed E-state index contributed by atoms with van der Waals surface area (Å²) in [6.45, 7) is 2.25. The lowest BCUT2D eigenvalue weighted by Crippen LogP contribution is -2.04. The van der Waals surface area contributed by atoms with Crippen molar-refractivity contribution in [3.8, 4) is 5.75 Å². The minimum atomic E-state index is -0.963. The Bertz CT molecular complexity index is 607. The van der Waals surface area contributed by atoms with Crippen molar-refractivity contribution in [2.24, 2.45) is 0 Å². The van der Waals surface area contributed by atoms with Crippen molar-refractivity contribution in [3.63, 3.8) is 0 Å². The number of benzene rings is 2. The van der Waals surface area contributed by atoms with Crippen LogP contribution in [0.5, 0.6) is 5.75 Å². The molecular formula is C17H18O4. The van der Waals surface area contributed by atoms with Crippen LogP contribution >= 0.6 is 0 Å². The number of rotatable bonds is 6. The maximum Gasteiger partial charge on any atom is 0.335 e. The third-order valence-electron chi connectivity index (χ3n) is 3.29. The summed E-state index contributed by atoms with van der Waals surface area (Å²) in [5, 5.41) is 9.05. The smallest absolute Gasteiger partial charge is 0.335 e. The highest BCUT2D eigenvalue weighted by molar-refractivity contribution is 5.88. The van der Waals surface area contributed by atoms with E-state index in [2.05, 4.69) is 0 Å². The average molecular weight is 286 g/mol. The van der Waals surface area contributed by atoms with Gasteiger partial charge in [-0.3, -0.25) is 0 Å². The molecule has 0 bridgehead atoms. The van der Waals surface area contributed by atoms with E-state index < -0.39 is 5.97 Å². The fourth-order valence-electron chi connectivity index (χ4n) is 2.06. The first-order valence-electron chi connectivity index (χ1n) is 6.68. The molecular weight excluding hydrogens is 268 g/mol. The third kappa shape index (κ3) is 3.83. The van der Waals surface area contributed by atoms with Gasteiger partial charge in [-0.05, 0) is 30.7 Å². The van der Waals surface area contributed by atoms with Crippen molar-refractivity contribution < 1.29 is 19.4 Å². The zero-order chi connectivity index (χ0) is 15.2. The van der Waals surface area contributed by atoms with E-state index in [1.165, 1.54) is 6.07 Å². The molecule has 4 heteroatoms. The van der Waals surface area contributed by atoms with E-state index in [1.807, 2.05) is 37.3 Å². The number of ether oxygens (including phenoxy) is 2. The monoisotopic (exact) mass is 286 g/mol. The molecule has 0 aliphatic rings. The van der Waals surface area contributed by atoms with Gasteiger partial charge >= 0.3 is 5.97 Å². The maximum absolute atomic E-state index is 11.0. The van der Waals surface area contributed by atoms with Crippen molar-refractivity contribution in [1.82, 2.24) is 0 Å². The molecule has 4 nitrogen and oxygen atoms in total. The third-order valence-corrected chi connectivity index (χ3v) is 3.29. The van der Waals surface area contributed by atoms with E-state index in [1.54, 1.807) is 19.2 Å². The first-order chi connectivity index (χ1) is 10.1. The maximum atomic E-state index is 11.0. The molecule has 2 aromatic carbocycles. The predicted molar refractivity (Wildman–Crippen MR) is 79.6 cm³/mol. The van der Waals surface area contributed by atoms with Crippen LogP contribution in [-0.2, 0) is 11.3 Å². The number of carboxylic acid groups (broad SMARTS) is 1. The van der Waals surface area contributed by atoms with E-state index in [0.717, 1.165) is 11.1 Å². The second-order valence-electron chi connectivity index (χ2n) is 4.70. The largest absolute Gasteiger partial charge is 0.496 e. The number of methoxy groups -OCH3 is 1. The highest BCUT2D eigenvalue weighted by Gasteiger charge is 2.11. The topological polar surface area (TPSA) is 55.8 Å². The summed E-state index contributed by atoms with van der Waals surface area (Å²) in [4.78, 5) is 11.0. The van der Waals surface area contributed by atoms with E-state index in [-0.39, 0.29) is 11.7 Å². The number of aromatic carboxylic acids is 1. The second-order valence-corrected chi connectivity index (χ2v) is 4.70. The SMILES string of the molecule is COc1ccc(C(=O)O)cc1COC(C)c1ccccc1.